The molecular formula is C25H17ClN2O5. The minimum Gasteiger partial charge on any atom is -0.467 e. The van der Waals surface area contributed by atoms with Crippen LogP contribution in [0.25, 0.3) is 11.0 Å². The molecule has 6 rings (SSSR count). The van der Waals surface area contributed by atoms with Crippen molar-refractivity contribution in [1.82, 2.24) is 4.90 Å². The molecule has 2 aromatic heterocycles. The highest BCUT2D eigenvalue weighted by atomic mass is 35.5. The maximum Gasteiger partial charge on any atom is 0.291 e. The molecule has 1 spiro atoms. The van der Waals surface area contributed by atoms with Crippen molar-refractivity contribution in [1.29, 1.82) is 0 Å². The van der Waals surface area contributed by atoms with Crippen LogP contribution in [-0.4, -0.2) is 23.3 Å². The molecule has 0 saturated heterocycles. The number of benzene rings is 2. The van der Waals surface area contributed by atoms with E-state index in [2.05, 4.69) is 0 Å². The molecule has 2 aliphatic rings. The fourth-order valence-electron chi connectivity index (χ4n) is 5.06. The summed E-state index contributed by atoms with van der Waals surface area (Å²) < 4.78 is 11.5. The largest absolute Gasteiger partial charge is 0.467 e. The first-order valence-corrected chi connectivity index (χ1v) is 10.9. The molecule has 4 aromatic rings. The Kier molecular flexibility index (Phi) is 4.10. The molecule has 0 saturated carbocycles. The van der Waals surface area contributed by atoms with Gasteiger partial charge in [-0.25, -0.2) is 0 Å². The van der Waals surface area contributed by atoms with E-state index in [-0.39, 0.29) is 34.7 Å². The first-order valence-electron chi connectivity index (χ1n) is 10.5. The third kappa shape index (κ3) is 2.42. The van der Waals surface area contributed by atoms with E-state index in [4.69, 9.17) is 20.4 Å². The number of rotatable bonds is 3. The molecule has 2 amide bonds. The maximum absolute atomic E-state index is 14.1. The number of nitrogens with zero attached hydrogens (tertiary/aromatic N) is 2. The van der Waals surface area contributed by atoms with Gasteiger partial charge in [0.25, 0.3) is 11.8 Å². The Labute approximate surface area is 192 Å². The van der Waals surface area contributed by atoms with Gasteiger partial charge in [0.05, 0.1) is 29.4 Å². The van der Waals surface area contributed by atoms with Gasteiger partial charge in [-0.3, -0.25) is 14.4 Å². The van der Waals surface area contributed by atoms with Gasteiger partial charge in [-0.15, -0.1) is 0 Å². The molecule has 0 bridgehead atoms. The Morgan fingerprint density at radius 2 is 1.85 bits per heavy atom. The lowest BCUT2D eigenvalue weighted by Crippen LogP contribution is -2.53. The summed E-state index contributed by atoms with van der Waals surface area (Å²) in [6.45, 7) is 2.22. The second kappa shape index (κ2) is 6.83. The summed E-state index contributed by atoms with van der Waals surface area (Å²) >= 11 is 6.15. The van der Waals surface area contributed by atoms with Gasteiger partial charge in [0, 0.05) is 17.1 Å². The van der Waals surface area contributed by atoms with Crippen molar-refractivity contribution in [2.45, 2.75) is 19.0 Å². The van der Waals surface area contributed by atoms with Crippen molar-refractivity contribution in [2.75, 3.05) is 11.4 Å². The van der Waals surface area contributed by atoms with Crippen molar-refractivity contribution >= 4 is 40.1 Å². The molecule has 7 nitrogen and oxygen atoms in total. The molecule has 2 aliphatic heterocycles. The van der Waals surface area contributed by atoms with Crippen LogP contribution in [0.15, 0.2) is 74.5 Å². The fourth-order valence-corrected chi connectivity index (χ4v) is 5.23. The molecule has 4 heterocycles. The molecule has 0 fully saturated rings. The lowest BCUT2D eigenvalue weighted by atomic mass is 9.84. The number of amides is 2. The molecular weight excluding hydrogens is 444 g/mol. The van der Waals surface area contributed by atoms with Crippen LogP contribution < -0.4 is 10.3 Å². The minimum atomic E-state index is -1.66. The van der Waals surface area contributed by atoms with Gasteiger partial charge in [0.1, 0.15) is 11.3 Å². The van der Waals surface area contributed by atoms with E-state index in [1.165, 1.54) is 17.2 Å². The Hall–Kier alpha value is -3.84. The number of hydrogen-bond acceptors (Lipinski definition) is 5. The van der Waals surface area contributed by atoms with E-state index in [1.807, 2.05) is 19.1 Å². The van der Waals surface area contributed by atoms with Crippen LogP contribution in [0.2, 0.25) is 5.02 Å². The lowest BCUT2D eigenvalue weighted by molar-refractivity contribution is -0.126. The zero-order valence-corrected chi connectivity index (χ0v) is 18.3. The van der Waals surface area contributed by atoms with Crippen LogP contribution in [0.4, 0.5) is 5.69 Å². The number of hydrogen-bond donors (Lipinski definition) is 0. The van der Waals surface area contributed by atoms with Crippen molar-refractivity contribution in [2.24, 2.45) is 0 Å². The molecule has 2 aromatic carbocycles. The number of likely N-dealkylation sites (N-methyl/N-ethyl adjacent to an activating group) is 1. The number of halogens is 1. The van der Waals surface area contributed by atoms with Crippen LogP contribution in [0.3, 0.4) is 0 Å². The highest BCUT2D eigenvalue weighted by Gasteiger charge is 2.64. The van der Waals surface area contributed by atoms with Crippen LogP contribution in [-0.2, 0) is 16.9 Å². The summed E-state index contributed by atoms with van der Waals surface area (Å²) in [4.78, 5) is 44.7. The predicted molar refractivity (Wildman–Crippen MR) is 121 cm³/mol. The minimum absolute atomic E-state index is 0.00972. The van der Waals surface area contributed by atoms with E-state index < -0.39 is 16.9 Å². The van der Waals surface area contributed by atoms with E-state index in [1.54, 1.807) is 41.3 Å². The number of carbonyl (C=O) groups excluding carboxylic acids is 2. The molecule has 1 unspecified atom stereocenters. The normalized spacial score (nSPS) is 19.1. The first kappa shape index (κ1) is 19.8. The number of anilines is 1. The summed E-state index contributed by atoms with van der Waals surface area (Å²) in [6.07, 6.45) is 1.50. The number of carbonyl (C=O) groups is 2. The van der Waals surface area contributed by atoms with E-state index in [9.17, 15) is 14.4 Å². The lowest BCUT2D eigenvalue weighted by Gasteiger charge is -2.33. The topological polar surface area (TPSA) is 84.0 Å². The predicted octanol–water partition coefficient (Wildman–Crippen LogP) is 4.31. The van der Waals surface area contributed by atoms with Gasteiger partial charge in [-0.1, -0.05) is 29.8 Å². The van der Waals surface area contributed by atoms with Crippen molar-refractivity contribution in [3.8, 4) is 0 Å². The number of fused-ring (bicyclic) bond motifs is 5. The molecule has 0 radical (unpaired) electrons. The third-order valence-electron chi connectivity index (χ3n) is 6.41. The van der Waals surface area contributed by atoms with Gasteiger partial charge in [0.15, 0.2) is 11.0 Å². The fraction of sp³-hybridized carbons (Fsp3) is 0.160. The maximum atomic E-state index is 14.1. The number of para-hydroxylation sites is 1. The van der Waals surface area contributed by atoms with Gasteiger partial charge < -0.3 is 18.6 Å². The Morgan fingerprint density at radius 1 is 1.03 bits per heavy atom. The average molecular weight is 461 g/mol. The molecule has 8 heteroatoms. The highest BCUT2D eigenvalue weighted by Crippen LogP contribution is 2.52. The summed E-state index contributed by atoms with van der Waals surface area (Å²) in [5, 5.41) is 0.572. The van der Waals surface area contributed by atoms with Gasteiger partial charge in [-0.2, -0.15) is 0 Å². The SMILES string of the molecule is CCN1C(=O)C2(c3ccccc31)c1c(oc3ccc(Cl)cc3c1=O)C(=O)N2Cc1ccco1. The quantitative estimate of drug-likeness (QED) is 0.455. The summed E-state index contributed by atoms with van der Waals surface area (Å²) in [5.41, 5.74) is -0.655. The van der Waals surface area contributed by atoms with Crippen LogP contribution in [0.5, 0.6) is 0 Å². The summed E-state index contributed by atoms with van der Waals surface area (Å²) in [5.74, 6) is -0.576. The van der Waals surface area contributed by atoms with E-state index >= 15 is 0 Å². The van der Waals surface area contributed by atoms with Gasteiger partial charge in [0.2, 0.25) is 5.76 Å². The second-order valence-corrected chi connectivity index (χ2v) is 8.46. The number of furan rings is 1. The molecule has 0 N–H and O–H groups in total. The Bertz CT molecular complexity index is 1520. The molecule has 33 heavy (non-hydrogen) atoms. The smallest absolute Gasteiger partial charge is 0.291 e. The molecule has 1 atom stereocenters. The van der Waals surface area contributed by atoms with Gasteiger partial charge >= 0.3 is 0 Å². The van der Waals surface area contributed by atoms with Crippen molar-refractivity contribution in [3.63, 3.8) is 0 Å². The third-order valence-corrected chi connectivity index (χ3v) is 6.64. The second-order valence-electron chi connectivity index (χ2n) is 8.02. The first-order chi connectivity index (χ1) is 16.0. The zero-order valence-electron chi connectivity index (χ0n) is 17.5. The standard InChI is InChI=1S/C25H17ClN2O5/c1-2-27-18-8-4-3-7-17(18)25(24(27)31)20-21(29)16-12-14(26)9-10-19(16)33-22(20)23(30)28(25)13-15-6-5-11-32-15/h3-12H,2,13H2,1H3. The molecule has 0 aliphatic carbocycles. The highest BCUT2D eigenvalue weighted by molar-refractivity contribution is 6.31. The van der Waals surface area contributed by atoms with Crippen LogP contribution in [0.1, 0.15) is 34.4 Å². The monoisotopic (exact) mass is 460 g/mol. The average Bonchev–Trinajstić information content (AvgIpc) is 3.48. The zero-order chi connectivity index (χ0) is 22.9. The van der Waals surface area contributed by atoms with Crippen LogP contribution >= 0.6 is 11.6 Å². The Balaban J connectivity index is 1.74. The Morgan fingerprint density at radius 3 is 2.61 bits per heavy atom. The summed E-state index contributed by atoms with van der Waals surface area (Å²) in [6, 6.07) is 15.3. The van der Waals surface area contributed by atoms with Crippen molar-refractivity contribution in [3.05, 3.63) is 98.8 Å². The van der Waals surface area contributed by atoms with E-state index in [0.29, 0.717) is 28.6 Å². The molecule has 164 valence electrons. The van der Waals surface area contributed by atoms with Crippen LogP contribution in [0, 0.1) is 0 Å². The summed E-state index contributed by atoms with van der Waals surface area (Å²) in [7, 11) is 0. The van der Waals surface area contributed by atoms with Crippen molar-refractivity contribution < 1.29 is 18.4 Å². The van der Waals surface area contributed by atoms with Gasteiger partial charge in [-0.05, 0) is 43.3 Å². The van der Waals surface area contributed by atoms with E-state index in [0.717, 1.165) is 0 Å².